The van der Waals surface area contributed by atoms with Crippen LogP contribution in [0, 0.1) is 0 Å². The second-order valence-corrected chi connectivity index (χ2v) is 15.0. The first-order chi connectivity index (χ1) is 22.2. The Balaban J connectivity index is 1.40. The van der Waals surface area contributed by atoms with E-state index in [4.69, 9.17) is 0 Å². The average Bonchev–Trinajstić information content (AvgIpc) is 3.46. The van der Waals surface area contributed by atoms with Crippen LogP contribution in [0.1, 0.15) is 66.2 Å². The van der Waals surface area contributed by atoms with Crippen LogP contribution in [0.15, 0.2) is 66.7 Å². The van der Waals surface area contributed by atoms with Crippen LogP contribution in [0.4, 0.5) is 24.5 Å². The monoisotopic (exact) mass is 674 g/mol. The molecule has 12 heteroatoms. The highest BCUT2D eigenvalue weighted by Crippen LogP contribution is 2.52. The summed E-state index contributed by atoms with van der Waals surface area (Å²) in [6.45, 7) is 7.50. The lowest BCUT2D eigenvalue weighted by Gasteiger charge is -2.48. The molecule has 0 unspecified atom stereocenters. The SMILES string of the molecule is CCN1CCc2c1cc(C(=O)N[C@@H](Cc1ccccc1)[C@@H](O)CNC(C)(C)c1cccc(C(F)(F)F)c1)cc2N1CCCCS1(O)O. The highest BCUT2D eigenvalue weighted by Gasteiger charge is 2.35. The van der Waals surface area contributed by atoms with E-state index in [1.807, 2.05) is 43.3 Å². The van der Waals surface area contributed by atoms with Crippen molar-refractivity contribution in [3.05, 3.63) is 94.5 Å². The van der Waals surface area contributed by atoms with Crippen LogP contribution in [0.25, 0.3) is 0 Å². The van der Waals surface area contributed by atoms with Crippen LogP contribution < -0.4 is 19.8 Å². The van der Waals surface area contributed by atoms with Crippen molar-refractivity contribution >= 4 is 28.1 Å². The van der Waals surface area contributed by atoms with Gasteiger partial charge in [-0.25, -0.2) is 0 Å². The molecular weight excluding hydrogens is 629 g/mol. The van der Waals surface area contributed by atoms with Gasteiger partial charge in [0.2, 0.25) is 0 Å². The lowest BCUT2D eigenvalue weighted by molar-refractivity contribution is -0.137. The standard InChI is InChI=1S/C35H45F3N4O4S/c1-4-41-17-15-28-30(41)20-25(21-31(28)42-16-8-9-18-47(42,45)46)33(44)40-29(19-24-11-6-5-7-12-24)32(43)23-39-34(2,3)26-13-10-14-27(22-26)35(36,37)38/h5-7,10-14,20-22,29,32,39,43,45-46H,4,8-9,15-19,23H2,1-3H3,(H,40,44)/t29-,32-/m0/s1. The molecule has 2 atom stereocenters. The van der Waals surface area contributed by atoms with Crippen molar-refractivity contribution in [3.63, 3.8) is 0 Å². The minimum Gasteiger partial charge on any atom is -0.390 e. The van der Waals surface area contributed by atoms with Crippen LogP contribution in [0.3, 0.4) is 0 Å². The van der Waals surface area contributed by atoms with E-state index in [1.165, 1.54) is 6.07 Å². The van der Waals surface area contributed by atoms with E-state index in [2.05, 4.69) is 15.5 Å². The Morgan fingerprint density at radius 2 is 1.66 bits per heavy atom. The summed E-state index contributed by atoms with van der Waals surface area (Å²) in [6, 6.07) is 17.4. The van der Waals surface area contributed by atoms with Gasteiger partial charge in [0.15, 0.2) is 0 Å². The second kappa shape index (κ2) is 14.1. The van der Waals surface area contributed by atoms with E-state index in [9.17, 15) is 32.2 Å². The molecule has 1 amide bonds. The molecule has 256 valence electrons. The fraction of sp³-hybridized carbons (Fsp3) is 0.457. The van der Waals surface area contributed by atoms with Gasteiger partial charge in [0.05, 0.1) is 29.1 Å². The zero-order chi connectivity index (χ0) is 34.0. The van der Waals surface area contributed by atoms with Gasteiger partial charge < -0.3 is 20.6 Å². The van der Waals surface area contributed by atoms with Crippen molar-refractivity contribution in [1.29, 1.82) is 0 Å². The highest BCUT2D eigenvalue weighted by atomic mass is 32.3. The number of rotatable bonds is 11. The van der Waals surface area contributed by atoms with Gasteiger partial charge in [0.1, 0.15) is 0 Å². The van der Waals surface area contributed by atoms with Gasteiger partial charge >= 0.3 is 6.18 Å². The molecule has 3 aromatic carbocycles. The van der Waals surface area contributed by atoms with E-state index in [0.29, 0.717) is 29.8 Å². The molecule has 0 bridgehead atoms. The number of carbonyl (C=O) groups is 1. The fourth-order valence-corrected chi connectivity index (χ4v) is 8.12. The van der Waals surface area contributed by atoms with E-state index in [1.54, 1.807) is 30.3 Å². The number of halogens is 3. The maximum atomic E-state index is 14.0. The van der Waals surface area contributed by atoms with Crippen LogP contribution in [-0.2, 0) is 24.6 Å². The number of hydrogen-bond acceptors (Lipinski definition) is 7. The van der Waals surface area contributed by atoms with Gasteiger partial charge in [-0.15, -0.1) is 10.8 Å². The van der Waals surface area contributed by atoms with Crippen molar-refractivity contribution in [2.45, 2.75) is 70.3 Å². The number of likely N-dealkylation sites (N-methyl/N-ethyl adjacent to an activating group) is 1. The molecule has 0 saturated carbocycles. The summed E-state index contributed by atoms with van der Waals surface area (Å²) in [6.07, 6.45) is -3.00. The molecule has 1 saturated heterocycles. The predicted molar refractivity (Wildman–Crippen MR) is 182 cm³/mol. The number of nitrogens with one attached hydrogen (secondary N) is 2. The lowest BCUT2D eigenvalue weighted by atomic mass is 9.92. The average molecular weight is 675 g/mol. The number of alkyl halides is 3. The normalized spacial score (nSPS) is 18.4. The maximum Gasteiger partial charge on any atom is 0.416 e. The predicted octanol–water partition coefficient (Wildman–Crippen LogP) is 6.58. The summed E-state index contributed by atoms with van der Waals surface area (Å²) >= 11 is 0. The van der Waals surface area contributed by atoms with Gasteiger partial charge in [-0.2, -0.15) is 13.2 Å². The van der Waals surface area contributed by atoms with Crippen LogP contribution in [0.2, 0.25) is 0 Å². The number of hydrogen-bond donors (Lipinski definition) is 5. The quantitative estimate of drug-likeness (QED) is 0.156. The van der Waals surface area contributed by atoms with Crippen LogP contribution in [0.5, 0.6) is 0 Å². The highest BCUT2D eigenvalue weighted by molar-refractivity contribution is 8.25. The van der Waals surface area contributed by atoms with Crippen molar-refractivity contribution in [1.82, 2.24) is 10.6 Å². The molecule has 47 heavy (non-hydrogen) atoms. The molecular formula is C35H45F3N4O4S. The Morgan fingerprint density at radius 1 is 0.957 bits per heavy atom. The third kappa shape index (κ3) is 8.06. The van der Waals surface area contributed by atoms with Crippen LogP contribution >= 0.6 is 10.8 Å². The van der Waals surface area contributed by atoms with Crippen molar-refractivity contribution < 1.29 is 32.2 Å². The zero-order valence-electron chi connectivity index (χ0n) is 27.1. The molecule has 0 aromatic heterocycles. The van der Waals surface area contributed by atoms with Crippen molar-refractivity contribution in [3.8, 4) is 0 Å². The Kier molecular flexibility index (Phi) is 10.5. The smallest absolute Gasteiger partial charge is 0.390 e. The fourth-order valence-electron chi connectivity index (χ4n) is 6.41. The summed E-state index contributed by atoms with van der Waals surface area (Å²) in [5.74, 6) is -0.132. The van der Waals surface area contributed by atoms with Gasteiger partial charge in [0, 0.05) is 48.5 Å². The van der Waals surface area contributed by atoms with Gasteiger partial charge in [0.25, 0.3) is 5.91 Å². The molecule has 2 heterocycles. The Morgan fingerprint density at radius 3 is 2.34 bits per heavy atom. The minimum absolute atomic E-state index is 0.00520. The first-order valence-corrected chi connectivity index (χ1v) is 17.8. The Hall–Kier alpha value is -3.29. The summed E-state index contributed by atoms with van der Waals surface area (Å²) in [5.41, 5.74) is 2.53. The first kappa shape index (κ1) is 35.0. The number of aliphatic hydroxyl groups is 1. The van der Waals surface area contributed by atoms with E-state index in [-0.39, 0.29) is 12.3 Å². The molecule has 0 radical (unpaired) electrons. The summed E-state index contributed by atoms with van der Waals surface area (Å²) in [7, 11) is -3.02. The third-order valence-corrected chi connectivity index (χ3v) is 11.1. The number of fused-ring (bicyclic) bond motifs is 1. The Bertz CT molecular complexity index is 1550. The summed E-state index contributed by atoms with van der Waals surface area (Å²) in [4.78, 5) is 16.2. The Labute approximate surface area is 276 Å². The van der Waals surface area contributed by atoms with E-state index < -0.39 is 46.1 Å². The molecule has 3 aromatic rings. The zero-order valence-corrected chi connectivity index (χ0v) is 27.9. The van der Waals surface area contributed by atoms with E-state index in [0.717, 1.165) is 61.3 Å². The van der Waals surface area contributed by atoms with E-state index >= 15 is 0 Å². The molecule has 2 aliphatic rings. The van der Waals surface area contributed by atoms with Gasteiger partial charge in [-0.1, -0.05) is 42.5 Å². The molecule has 5 rings (SSSR count). The largest absolute Gasteiger partial charge is 0.416 e. The molecule has 0 aliphatic carbocycles. The number of anilines is 2. The number of aliphatic hydroxyl groups excluding tert-OH is 1. The molecule has 8 nitrogen and oxygen atoms in total. The minimum atomic E-state index is -4.48. The van der Waals surface area contributed by atoms with Gasteiger partial charge in [-0.05, 0) is 81.8 Å². The first-order valence-electron chi connectivity index (χ1n) is 16.1. The number of carbonyl (C=O) groups excluding carboxylic acids is 1. The topological polar surface area (TPSA) is 108 Å². The van der Waals surface area contributed by atoms with Crippen molar-refractivity contribution in [2.24, 2.45) is 0 Å². The molecule has 2 aliphatic heterocycles. The molecule has 1 fully saturated rings. The van der Waals surface area contributed by atoms with Gasteiger partial charge in [-0.3, -0.25) is 18.2 Å². The third-order valence-electron chi connectivity index (χ3n) is 9.21. The molecule has 5 N–H and O–H groups in total. The van der Waals surface area contributed by atoms with Crippen LogP contribution in [-0.4, -0.2) is 64.2 Å². The summed E-state index contributed by atoms with van der Waals surface area (Å²) < 4.78 is 63.8. The van der Waals surface area contributed by atoms with Crippen molar-refractivity contribution in [2.75, 3.05) is 41.1 Å². The second-order valence-electron chi connectivity index (χ2n) is 12.9. The lowest BCUT2D eigenvalue weighted by Crippen LogP contribution is -2.51. The maximum absolute atomic E-state index is 14.0. The summed E-state index contributed by atoms with van der Waals surface area (Å²) in [5, 5.41) is 17.7. The number of nitrogens with zero attached hydrogens (tertiary/aromatic N) is 2. The number of benzene rings is 3. The number of amides is 1. The molecule has 0 spiro atoms.